The Morgan fingerprint density at radius 1 is 1.23 bits per heavy atom. The van der Waals surface area contributed by atoms with E-state index in [1.54, 1.807) is 24.3 Å². The van der Waals surface area contributed by atoms with E-state index in [0.717, 1.165) is 5.75 Å². The van der Waals surface area contributed by atoms with Crippen LogP contribution in [0.4, 0.5) is 4.39 Å². The predicted octanol–water partition coefficient (Wildman–Crippen LogP) is 3.84. The zero-order valence-electron chi connectivity index (χ0n) is 7.63. The van der Waals surface area contributed by atoms with Crippen LogP contribution in [0.15, 0.2) is 24.3 Å². The van der Waals surface area contributed by atoms with Crippen LogP contribution in [0.3, 0.4) is 0 Å². The van der Waals surface area contributed by atoms with E-state index in [2.05, 4.69) is 15.9 Å². The first-order chi connectivity index (χ1) is 6.09. The molecular weight excluding hydrogens is 235 g/mol. The smallest absolute Gasteiger partial charge is 0.180 e. The second kappa shape index (κ2) is 4.61. The molecule has 0 aliphatic heterocycles. The van der Waals surface area contributed by atoms with Crippen molar-refractivity contribution in [2.75, 3.05) is 0 Å². The van der Waals surface area contributed by atoms with Crippen molar-refractivity contribution in [3.63, 3.8) is 0 Å². The Balaban J connectivity index is 2.70. The highest BCUT2D eigenvalue weighted by Gasteiger charge is 2.04. The summed E-state index contributed by atoms with van der Waals surface area (Å²) in [4.78, 5) is 0. The van der Waals surface area contributed by atoms with Crippen LogP contribution in [-0.4, -0.2) is 6.10 Å². The van der Waals surface area contributed by atoms with Gasteiger partial charge in [-0.05, 0) is 47.5 Å². The average molecular weight is 247 g/mol. The summed E-state index contributed by atoms with van der Waals surface area (Å²) in [6, 6.07) is 6.95. The number of halogens is 2. The van der Waals surface area contributed by atoms with Gasteiger partial charge in [0.1, 0.15) is 5.75 Å². The van der Waals surface area contributed by atoms with Crippen LogP contribution in [0.25, 0.3) is 0 Å². The number of ether oxygens (including phenoxy) is 1. The fourth-order valence-electron chi connectivity index (χ4n) is 0.964. The second-order valence-electron chi connectivity index (χ2n) is 3.04. The van der Waals surface area contributed by atoms with Crippen molar-refractivity contribution in [1.82, 2.24) is 0 Å². The van der Waals surface area contributed by atoms with Crippen LogP contribution in [-0.2, 0) is 0 Å². The number of benzene rings is 1. The van der Waals surface area contributed by atoms with E-state index in [0.29, 0.717) is 5.56 Å². The third-order valence-electron chi connectivity index (χ3n) is 1.50. The minimum Gasteiger partial charge on any atom is -0.491 e. The number of rotatable bonds is 3. The molecule has 1 aromatic rings. The first-order valence-corrected chi connectivity index (χ1v) is 5.06. The van der Waals surface area contributed by atoms with Gasteiger partial charge in [-0.1, -0.05) is 12.1 Å². The zero-order valence-corrected chi connectivity index (χ0v) is 9.21. The molecule has 0 fully saturated rings. The van der Waals surface area contributed by atoms with Crippen molar-refractivity contribution in [1.29, 1.82) is 0 Å². The van der Waals surface area contributed by atoms with E-state index in [-0.39, 0.29) is 6.10 Å². The SMILES string of the molecule is CC(C)Oc1ccc(C(F)Br)cc1. The molecule has 0 amide bonds. The van der Waals surface area contributed by atoms with Crippen molar-refractivity contribution in [3.8, 4) is 5.75 Å². The van der Waals surface area contributed by atoms with Gasteiger partial charge < -0.3 is 4.74 Å². The Hall–Kier alpha value is -0.570. The van der Waals surface area contributed by atoms with Crippen LogP contribution < -0.4 is 4.74 Å². The molecule has 1 unspecified atom stereocenters. The van der Waals surface area contributed by atoms with Crippen LogP contribution in [0.1, 0.15) is 24.5 Å². The van der Waals surface area contributed by atoms with E-state index in [1.807, 2.05) is 13.8 Å². The van der Waals surface area contributed by atoms with Crippen molar-refractivity contribution in [2.24, 2.45) is 0 Å². The molecule has 1 rings (SSSR count). The Morgan fingerprint density at radius 3 is 2.15 bits per heavy atom. The Labute approximate surface area is 86.0 Å². The quantitative estimate of drug-likeness (QED) is 0.737. The molecular formula is C10H12BrFO. The molecule has 0 aromatic heterocycles. The fourth-order valence-corrected chi connectivity index (χ4v) is 1.27. The molecule has 72 valence electrons. The van der Waals surface area contributed by atoms with Crippen LogP contribution in [0.2, 0.25) is 0 Å². The molecule has 0 spiro atoms. The van der Waals surface area contributed by atoms with Crippen molar-refractivity contribution < 1.29 is 9.13 Å². The lowest BCUT2D eigenvalue weighted by atomic mass is 10.2. The Morgan fingerprint density at radius 2 is 1.77 bits per heavy atom. The van der Waals surface area contributed by atoms with E-state index in [9.17, 15) is 4.39 Å². The molecule has 0 saturated heterocycles. The van der Waals surface area contributed by atoms with E-state index >= 15 is 0 Å². The molecule has 0 N–H and O–H groups in total. The highest BCUT2D eigenvalue weighted by atomic mass is 79.9. The highest BCUT2D eigenvalue weighted by Crippen LogP contribution is 2.25. The lowest BCUT2D eigenvalue weighted by Crippen LogP contribution is -2.05. The summed E-state index contributed by atoms with van der Waals surface area (Å²) < 4.78 is 18.1. The number of hydrogen-bond acceptors (Lipinski definition) is 1. The lowest BCUT2D eigenvalue weighted by Gasteiger charge is -2.09. The maximum absolute atomic E-state index is 12.7. The fraction of sp³-hybridized carbons (Fsp3) is 0.400. The largest absolute Gasteiger partial charge is 0.491 e. The second-order valence-corrected chi connectivity index (χ2v) is 3.84. The molecule has 0 aliphatic carbocycles. The molecule has 1 nitrogen and oxygen atoms in total. The standard InChI is InChI=1S/C10H12BrFO/c1-7(2)13-9-5-3-8(4-6-9)10(11)12/h3-7,10H,1-2H3. The van der Waals surface area contributed by atoms with Gasteiger partial charge in [-0.15, -0.1) is 0 Å². The van der Waals surface area contributed by atoms with Crippen LogP contribution >= 0.6 is 15.9 Å². The summed E-state index contributed by atoms with van der Waals surface area (Å²) >= 11 is 2.85. The van der Waals surface area contributed by atoms with Crippen LogP contribution in [0.5, 0.6) is 5.75 Å². The molecule has 0 saturated carbocycles. The molecule has 0 aliphatic rings. The number of alkyl halides is 2. The topological polar surface area (TPSA) is 9.23 Å². The van der Waals surface area contributed by atoms with Gasteiger partial charge in [0.25, 0.3) is 0 Å². The summed E-state index contributed by atoms with van der Waals surface area (Å²) in [7, 11) is 0. The van der Waals surface area contributed by atoms with E-state index in [1.165, 1.54) is 0 Å². The molecule has 1 atom stereocenters. The van der Waals surface area contributed by atoms with Gasteiger partial charge in [0, 0.05) is 0 Å². The van der Waals surface area contributed by atoms with Gasteiger partial charge >= 0.3 is 0 Å². The van der Waals surface area contributed by atoms with Gasteiger partial charge in [-0.25, -0.2) is 4.39 Å². The Kier molecular flexibility index (Phi) is 3.72. The molecule has 1 aromatic carbocycles. The monoisotopic (exact) mass is 246 g/mol. The minimum absolute atomic E-state index is 0.149. The third-order valence-corrected chi connectivity index (χ3v) is 2.03. The number of hydrogen-bond donors (Lipinski definition) is 0. The lowest BCUT2D eigenvalue weighted by molar-refractivity contribution is 0.242. The Bertz CT molecular complexity index is 256. The van der Waals surface area contributed by atoms with Gasteiger partial charge in [0.05, 0.1) is 6.10 Å². The minimum atomic E-state index is -1.10. The first-order valence-electron chi connectivity index (χ1n) is 4.14. The van der Waals surface area contributed by atoms with Crippen molar-refractivity contribution in [2.45, 2.75) is 25.0 Å². The summed E-state index contributed by atoms with van der Waals surface area (Å²) in [5.41, 5.74) is 0.608. The average Bonchev–Trinajstić information content (AvgIpc) is 2.04. The molecule has 3 heteroatoms. The molecule has 0 heterocycles. The van der Waals surface area contributed by atoms with Crippen molar-refractivity contribution in [3.05, 3.63) is 29.8 Å². The molecule has 0 radical (unpaired) electrons. The van der Waals surface area contributed by atoms with Gasteiger partial charge in [0.15, 0.2) is 5.08 Å². The summed E-state index contributed by atoms with van der Waals surface area (Å²) in [6.45, 7) is 3.91. The first kappa shape index (κ1) is 10.5. The molecule has 0 bridgehead atoms. The molecule has 13 heavy (non-hydrogen) atoms. The predicted molar refractivity (Wildman–Crippen MR) is 55.0 cm³/mol. The van der Waals surface area contributed by atoms with E-state index < -0.39 is 5.08 Å². The summed E-state index contributed by atoms with van der Waals surface area (Å²) in [6.07, 6.45) is 0.149. The van der Waals surface area contributed by atoms with Crippen LogP contribution in [0, 0.1) is 0 Å². The van der Waals surface area contributed by atoms with Gasteiger partial charge in [-0.3, -0.25) is 0 Å². The zero-order chi connectivity index (χ0) is 9.84. The van der Waals surface area contributed by atoms with Gasteiger partial charge in [0.2, 0.25) is 0 Å². The highest BCUT2D eigenvalue weighted by molar-refractivity contribution is 9.09. The summed E-state index contributed by atoms with van der Waals surface area (Å²) in [5, 5.41) is -1.10. The maximum atomic E-state index is 12.7. The third kappa shape index (κ3) is 3.35. The van der Waals surface area contributed by atoms with Gasteiger partial charge in [-0.2, -0.15) is 0 Å². The maximum Gasteiger partial charge on any atom is 0.180 e. The van der Waals surface area contributed by atoms with E-state index in [4.69, 9.17) is 4.74 Å². The van der Waals surface area contributed by atoms with Crippen molar-refractivity contribution >= 4 is 15.9 Å². The normalized spacial score (nSPS) is 13.0. The summed E-state index contributed by atoms with van der Waals surface area (Å²) in [5.74, 6) is 0.770.